The van der Waals surface area contributed by atoms with E-state index < -0.39 is 0 Å². The standard InChI is InChI=1S/C14H26N2/c1-14(7-2-3-8-14)16-10-4-9-15-13(11-16)12-5-6-12/h12-13,15H,2-11H2,1H3. The summed E-state index contributed by atoms with van der Waals surface area (Å²) in [4.78, 5) is 2.82. The highest BCUT2D eigenvalue weighted by molar-refractivity contribution is 4.97. The molecule has 1 N–H and O–H groups in total. The summed E-state index contributed by atoms with van der Waals surface area (Å²) in [6.45, 7) is 6.40. The highest BCUT2D eigenvalue weighted by Gasteiger charge is 2.39. The van der Waals surface area contributed by atoms with Crippen molar-refractivity contribution >= 4 is 0 Å². The van der Waals surface area contributed by atoms with Crippen LogP contribution in [0.3, 0.4) is 0 Å². The molecule has 2 heteroatoms. The van der Waals surface area contributed by atoms with Gasteiger partial charge in [-0.2, -0.15) is 0 Å². The Morgan fingerprint density at radius 3 is 2.56 bits per heavy atom. The topological polar surface area (TPSA) is 15.3 Å². The van der Waals surface area contributed by atoms with E-state index in [2.05, 4.69) is 17.1 Å². The molecular weight excluding hydrogens is 196 g/mol. The Kier molecular flexibility index (Phi) is 2.97. The van der Waals surface area contributed by atoms with Crippen molar-refractivity contribution < 1.29 is 0 Å². The minimum absolute atomic E-state index is 0.541. The lowest BCUT2D eigenvalue weighted by atomic mass is 9.96. The van der Waals surface area contributed by atoms with Crippen molar-refractivity contribution in [2.24, 2.45) is 5.92 Å². The summed E-state index contributed by atoms with van der Waals surface area (Å²) in [6, 6.07) is 0.805. The average molecular weight is 222 g/mol. The van der Waals surface area contributed by atoms with E-state index >= 15 is 0 Å². The number of nitrogens with one attached hydrogen (secondary N) is 1. The van der Waals surface area contributed by atoms with Gasteiger partial charge in [-0.25, -0.2) is 0 Å². The second-order valence-corrected chi connectivity index (χ2v) is 6.40. The van der Waals surface area contributed by atoms with Gasteiger partial charge in [-0.15, -0.1) is 0 Å². The molecule has 0 spiro atoms. The van der Waals surface area contributed by atoms with Gasteiger partial charge in [-0.3, -0.25) is 4.90 Å². The summed E-state index contributed by atoms with van der Waals surface area (Å²) in [5.41, 5.74) is 0.541. The third kappa shape index (κ3) is 2.14. The molecule has 3 rings (SSSR count). The molecule has 0 amide bonds. The van der Waals surface area contributed by atoms with Crippen molar-refractivity contribution in [3.05, 3.63) is 0 Å². The summed E-state index contributed by atoms with van der Waals surface area (Å²) in [5.74, 6) is 1.01. The van der Waals surface area contributed by atoms with Gasteiger partial charge in [0.1, 0.15) is 0 Å². The maximum atomic E-state index is 3.77. The van der Waals surface area contributed by atoms with Crippen LogP contribution in [0.15, 0.2) is 0 Å². The van der Waals surface area contributed by atoms with Crippen molar-refractivity contribution in [2.45, 2.75) is 63.5 Å². The molecule has 1 aliphatic heterocycles. The fourth-order valence-electron chi connectivity index (χ4n) is 3.71. The highest BCUT2D eigenvalue weighted by atomic mass is 15.2. The van der Waals surface area contributed by atoms with Crippen molar-refractivity contribution in [3.8, 4) is 0 Å². The van der Waals surface area contributed by atoms with Crippen LogP contribution in [0.25, 0.3) is 0 Å². The molecule has 2 saturated carbocycles. The van der Waals surface area contributed by atoms with E-state index in [1.807, 2.05) is 0 Å². The third-order valence-electron chi connectivity index (χ3n) is 5.06. The SMILES string of the molecule is CC1(N2CCCNC(C3CC3)C2)CCCC1. The van der Waals surface area contributed by atoms with Crippen LogP contribution in [0, 0.1) is 5.92 Å². The van der Waals surface area contributed by atoms with E-state index in [9.17, 15) is 0 Å². The van der Waals surface area contributed by atoms with Gasteiger partial charge < -0.3 is 5.32 Å². The van der Waals surface area contributed by atoms with E-state index in [0.717, 1.165) is 12.0 Å². The minimum Gasteiger partial charge on any atom is -0.312 e. The molecule has 1 unspecified atom stereocenters. The van der Waals surface area contributed by atoms with Gasteiger partial charge in [-0.05, 0) is 58.0 Å². The smallest absolute Gasteiger partial charge is 0.0223 e. The van der Waals surface area contributed by atoms with Crippen LogP contribution < -0.4 is 5.32 Å². The first-order valence-electron chi connectivity index (χ1n) is 7.26. The molecule has 2 nitrogen and oxygen atoms in total. The molecule has 1 atom stereocenters. The number of hydrogen-bond donors (Lipinski definition) is 1. The van der Waals surface area contributed by atoms with E-state index in [0.29, 0.717) is 5.54 Å². The number of nitrogens with zero attached hydrogens (tertiary/aromatic N) is 1. The molecule has 2 aliphatic carbocycles. The van der Waals surface area contributed by atoms with Crippen molar-refractivity contribution in [1.29, 1.82) is 0 Å². The van der Waals surface area contributed by atoms with E-state index in [1.165, 1.54) is 64.6 Å². The quantitative estimate of drug-likeness (QED) is 0.772. The summed E-state index contributed by atoms with van der Waals surface area (Å²) >= 11 is 0. The lowest BCUT2D eigenvalue weighted by molar-refractivity contribution is 0.104. The fraction of sp³-hybridized carbons (Fsp3) is 1.00. The summed E-state index contributed by atoms with van der Waals surface area (Å²) < 4.78 is 0. The molecule has 0 bridgehead atoms. The van der Waals surface area contributed by atoms with Crippen LogP contribution in [-0.2, 0) is 0 Å². The summed E-state index contributed by atoms with van der Waals surface area (Å²) in [5, 5.41) is 3.77. The van der Waals surface area contributed by atoms with Gasteiger partial charge in [0.25, 0.3) is 0 Å². The Hall–Kier alpha value is -0.0800. The summed E-state index contributed by atoms with van der Waals surface area (Å²) in [7, 11) is 0. The van der Waals surface area contributed by atoms with Gasteiger partial charge in [0.2, 0.25) is 0 Å². The molecule has 92 valence electrons. The molecule has 16 heavy (non-hydrogen) atoms. The Labute approximate surface area is 99.8 Å². The maximum Gasteiger partial charge on any atom is 0.0223 e. The van der Waals surface area contributed by atoms with E-state index in [4.69, 9.17) is 0 Å². The fourth-order valence-corrected chi connectivity index (χ4v) is 3.71. The Morgan fingerprint density at radius 1 is 1.12 bits per heavy atom. The van der Waals surface area contributed by atoms with Crippen LogP contribution in [-0.4, -0.2) is 36.1 Å². The molecular formula is C14H26N2. The minimum atomic E-state index is 0.541. The van der Waals surface area contributed by atoms with E-state index in [-0.39, 0.29) is 0 Å². The molecule has 0 aromatic heterocycles. The highest BCUT2D eigenvalue weighted by Crippen LogP contribution is 2.38. The molecule has 3 aliphatic rings. The molecule has 0 aromatic rings. The van der Waals surface area contributed by atoms with Crippen molar-refractivity contribution in [2.75, 3.05) is 19.6 Å². The van der Waals surface area contributed by atoms with Crippen LogP contribution >= 0.6 is 0 Å². The Morgan fingerprint density at radius 2 is 1.88 bits per heavy atom. The molecule has 1 heterocycles. The predicted molar refractivity (Wildman–Crippen MR) is 67.6 cm³/mol. The zero-order chi connectivity index (χ0) is 11.0. The largest absolute Gasteiger partial charge is 0.312 e. The van der Waals surface area contributed by atoms with Crippen LogP contribution in [0.4, 0.5) is 0 Å². The van der Waals surface area contributed by atoms with Crippen molar-refractivity contribution in [3.63, 3.8) is 0 Å². The van der Waals surface area contributed by atoms with Gasteiger partial charge in [0.05, 0.1) is 0 Å². The second kappa shape index (κ2) is 4.30. The first-order valence-corrected chi connectivity index (χ1v) is 7.26. The third-order valence-corrected chi connectivity index (χ3v) is 5.06. The average Bonchev–Trinajstić information content (AvgIpc) is 3.06. The van der Waals surface area contributed by atoms with Crippen LogP contribution in [0.1, 0.15) is 51.9 Å². The van der Waals surface area contributed by atoms with Gasteiger partial charge in [0.15, 0.2) is 0 Å². The molecule has 0 radical (unpaired) electrons. The zero-order valence-corrected chi connectivity index (χ0v) is 10.7. The first-order chi connectivity index (χ1) is 7.78. The molecule has 3 fully saturated rings. The maximum absolute atomic E-state index is 3.77. The lowest BCUT2D eigenvalue weighted by Gasteiger charge is -2.39. The monoisotopic (exact) mass is 222 g/mol. The van der Waals surface area contributed by atoms with Gasteiger partial charge in [0, 0.05) is 18.1 Å². The van der Waals surface area contributed by atoms with Crippen LogP contribution in [0.2, 0.25) is 0 Å². The van der Waals surface area contributed by atoms with Gasteiger partial charge in [-0.1, -0.05) is 12.8 Å². The number of rotatable bonds is 2. The van der Waals surface area contributed by atoms with Gasteiger partial charge >= 0.3 is 0 Å². The number of hydrogen-bond acceptors (Lipinski definition) is 2. The van der Waals surface area contributed by atoms with E-state index in [1.54, 1.807) is 0 Å². The normalized spacial score (nSPS) is 36.2. The van der Waals surface area contributed by atoms with Crippen LogP contribution in [0.5, 0.6) is 0 Å². The Balaban J connectivity index is 1.67. The zero-order valence-electron chi connectivity index (χ0n) is 10.7. The second-order valence-electron chi connectivity index (χ2n) is 6.40. The van der Waals surface area contributed by atoms with Crippen molar-refractivity contribution in [1.82, 2.24) is 10.2 Å². The molecule has 1 saturated heterocycles. The first kappa shape index (κ1) is 11.0. The summed E-state index contributed by atoms with van der Waals surface area (Å²) in [6.07, 6.45) is 10.1. The molecule has 0 aromatic carbocycles. The lowest BCUT2D eigenvalue weighted by Crippen LogP contribution is -2.49. The Bertz CT molecular complexity index is 241. The predicted octanol–water partition coefficient (Wildman–Crippen LogP) is 2.39.